The van der Waals surface area contributed by atoms with Gasteiger partial charge in [0.25, 0.3) is 0 Å². The fraction of sp³-hybridized carbons (Fsp3) is 0.240. The van der Waals surface area contributed by atoms with Gasteiger partial charge in [-0.05, 0) is 34.4 Å². The van der Waals surface area contributed by atoms with Gasteiger partial charge in [-0.25, -0.2) is 0 Å². The zero-order valence-electron chi connectivity index (χ0n) is 18.0. The van der Waals surface area contributed by atoms with Crippen LogP contribution < -0.4 is 15.4 Å². The fourth-order valence-corrected chi connectivity index (χ4v) is 2.95. The number of halogens is 1. The van der Waals surface area contributed by atoms with E-state index in [1.54, 1.807) is 14.2 Å². The van der Waals surface area contributed by atoms with Crippen LogP contribution >= 0.6 is 24.0 Å². The predicted octanol–water partition coefficient (Wildman–Crippen LogP) is 4.90. The average molecular weight is 531 g/mol. The molecule has 0 bridgehead atoms. The van der Waals surface area contributed by atoms with Crippen LogP contribution in [0.2, 0.25) is 0 Å². The second kappa shape index (κ2) is 13.7. The second-order valence-electron chi connectivity index (χ2n) is 6.92. The van der Waals surface area contributed by atoms with Gasteiger partial charge < -0.3 is 20.1 Å². The number of ether oxygens (including phenoxy) is 2. The second-order valence-corrected chi connectivity index (χ2v) is 6.92. The topological polar surface area (TPSA) is 54.9 Å². The first-order chi connectivity index (χ1) is 14.8. The maximum Gasteiger partial charge on any atom is 0.191 e. The summed E-state index contributed by atoms with van der Waals surface area (Å²) in [5, 5.41) is 6.67. The van der Waals surface area contributed by atoms with Gasteiger partial charge in [-0.2, -0.15) is 0 Å². The highest BCUT2D eigenvalue weighted by Crippen LogP contribution is 2.11. The van der Waals surface area contributed by atoms with Crippen LogP contribution in [0.4, 0.5) is 0 Å². The van der Waals surface area contributed by atoms with Gasteiger partial charge in [-0.3, -0.25) is 4.99 Å². The van der Waals surface area contributed by atoms with Crippen molar-refractivity contribution in [3.8, 4) is 5.75 Å². The molecule has 0 aliphatic heterocycles. The molecule has 3 aromatic carbocycles. The number of nitrogens with one attached hydrogen (secondary N) is 2. The molecule has 3 aromatic rings. The minimum Gasteiger partial charge on any atom is -0.497 e. The van der Waals surface area contributed by atoms with Gasteiger partial charge in [0, 0.05) is 20.1 Å². The molecule has 0 atom stereocenters. The molecule has 3 rings (SSSR count). The number of rotatable bonds is 9. The molecule has 0 saturated carbocycles. The molecular formula is C25H30IN3O2. The highest BCUT2D eigenvalue weighted by Gasteiger charge is 2.01. The van der Waals surface area contributed by atoms with E-state index < -0.39 is 0 Å². The van der Waals surface area contributed by atoms with Crippen LogP contribution in [-0.4, -0.2) is 20.1 Å². The van der Waals surface area contributed by atoms with Crippen molar-refractivity contribution in [2.24, 2.45) is 4.99 Å². The Balaban J connectivity index is 0.00000341. The molecule has 0 unspecified atom stereocenters. The number of nitrogens with zero attached hydrogens (tertiary/aromatic N) is 1. The summed E-state index contributed by atoms with van der Waals surface area (Å²) in [5.74, 6) is 1.62. The van der Waals surface area contributed by atoms with Crippen molar-refractivity contribution in [1.29, 1.82) is 0 Å². The van der Waals surface area contributed by atoms with Crippen LogP contribution in [0, 0.1) is 0 Å². The number of hydrogen-bond acceptors (Lipinski definition) is 3. The Labute approximate surface area is 201 Å². The van der Waals surface area contributed by atoms with Crippen molar-refractivity contribution in [1.82, 2.24) is 10.6 Å². The van der Waals surface area contributed by atoms with Gasteiger partial charge in [0.1, 0.15) is 5.75 Å². The van der Waals surface area contributed by atoms with E-state index in [0.717, 1.165) is 17.3 Å². The monoisotopic (exact) mass is 531 g/mol. The first-order valence-corrected chi connectivity index (χ1v) is 10.0. The zero-order valence-corrected chi connectivity index (χ0v) is 20.3. The molecule has 5 nitrogen and oxygen atoms in total. The smallest absolute Gasteiger partial charge is 0.191 e. The van der Waals surface area contributed by atoms with E-state index in [9.17, 15) is 0 Å². The molecular weight excluding hydrogens is 501 g/mol. The van der Waals surface area contributed by atoms with Crippen LogP contribution in [0.15, 0.2) is 83.9 Å². The van der Waals surface area contributed by atoms with Gasteiger partial charge in [0.15, 0.2) is 5.96 Å². The average Bonchev–Trinajstić information content (AvgIpc) is 2.81. The summed E-state index contributed by atoms with van der Waals surface area (Å²) < 4.78 is 11.0. The van der Waals surface area contributed by atoms with Crippen molar-refractivity contribution in [3.63, 3.8) is 0 Å². The van der Waals surface area contributed by atoms with Gasteiger partial charge in [-0.15, -0.1) is 24.0 Å². The quantitative estimate of drug-likeness (QED) is 0.235. The summed E-state index contributed by atoms with van der Waals surface area (Å²) in [5.41, 5.74) is 4.70. The molecule has 31 heavy (non-hydrogen) atoms. The summed E-state index contributed by atoms with van der Waals surface area (Å²) in [6.07, 6.45) is 0. The Hall–Kier alpha value is -2.58. The Morgan fingerprint density at radius 2 is 1.19 bits per heavy atom. The maximum absolute atomic E-state index is 5.80. The Morgan fingerprint density at radius 3 is 1.71 bits per heavy atom. The van der Waals surface area contributed by atoms with Crippen molar-refractivity contribution in [2.45, 2.75) is 26.3 Å². The van der Waals surface area contributed by atoms with Gasteiger partial charge in [-0.1, -0.05) is 66.7 Å². The molecule has 0 aliphatic carbocycles. The molecule has 0 fully saturated rings. The van der Waals surface area contributed by atoms with E-state index in [-0.39, 0.29) is 24.0 Å². The summed E-state index contributed by atoms with van der Waals surface area (Å²) >= 11 is 0. The van der Waals surface area contributed by atoms with Crippen LogP contribution in [0.25, 0.3) is 0 Å². The molecule has 164 valence electrons. The van der Waals surface area contributed by atoms with Crippen LogP contribution in [-0.2, 0) is 31.0 Å². The molecule has 0 spiro atoms. The number of hydrogen-bond donors (Lipinski definition) is 2. The lowest BCUT2D eigenvalue weighted by Crippen LogP contribution is -2.36. The SMILES string of the molecule is CN=C(NCc1ccc(COCc2ccccc2)cc1)NCc1ccc(OC)cc1.I. The number of aliphatic imine (C=N–C) groups is 1. The molecule has 0 amide bonds. The molecule has 0 aromatic heterocycles. The molecule has 2 N–H and O–H groups in total. The van der Waals surface area contributed by atoms with Gasteiger partial charge >= 0.3 is 0 Å². The Kier molecular flexibility index (Phi) is 10.9. The predicted molar refractivity (Wildman–Crippen MR) is 137 cm³/mol. The first-order valence-electron chi connectivity index (χ1n) is 10.0. The van der Waals surface area contributed by atoms with Crippen molar-refractivity contribution in [3.05, 3.63) is 101 Å². The third kappa shape index (κ3) is 8.59. The minimum absolute atomic E-state index is 0. The normalized spacial score (nSPS) is 10.8. The lowest BCUT2D eigenvalue weighted by Gasteiger charge is -2.13. The van der Waals surface area contributed by atoms with Gasteiger partial charge in [0.05, 0.1) is 20.3 Å². The van der Waals surface area contributed by atoms with Crippen LogP contribution in [0.1, 0.15) is 22.3 Å². The molecule has 0 aliphatic rings. The fourth-order valence-electron chi connectivity index (χ4n) is 2.95. The zero-order chi connectivity index (χ0) is 21.0. The van der Waals surface area contributed by atoms with Crippen LogP contribution in [0.3, 0.4) is 0 Å². The maximum atomic E-state index is 5.80. The Morgan fingerprint density at radius 1 is 0.710 bits per heavy atom. The van der Waals surface area contributed by atoms with Crippen LogP contribution in [0.5, 0.6) is 5.75 Å². The van der Waals surface area contributed by atoms with Crippen molar-refractivity contribution < 1.29 is 9.47 Å². The highest BCUT2D eigenvalue weighted by atomic mass is 127. The third-order valence-electron chi connectivity index (χ3n) is 4.71. The molecule has 0 saturated heterocycles. The minimum atomic E-state index is 0. The first kappa shape index (κ1) is 24.7. The molecule has 0 radical (unpaired) electrons. The largest absolute Gasteiger partial charge is 0.497 e. The van der Waals surface area contributed by atoms with E-state index in [2.05, 4.69) is 52.0 Å². The van der Waals surface area contributed by atoms with Crippen molar-refractivity contribution >= 4 is 29.9 Å². The van der Waals surface area contributed by atoms with E-state index in [4.69, 9.17) is 9.47 Å². The van der Waals surface area contributed by atoms with E-state index in [1.807, 2.05) is 42.5 Å². The number of benzene rings is 3. The summed E-state index contributed by atoms with van der Waals surface area (Å²) in [7, 11) is 3.44. The summed E-state index contributed by atoms with van der Waals surface area (Å²) in [6.45, 7) is 2.63. The van der Waals surface area contributed by atoms with Crippen molar-refractivity contribution in [2.75, 3.05) is 14.2 Å². The third-order valence-corrected chi connectivity index (χ3v) is 4.71. The number of guanidine groups is 1. The molecule has 0 heterocycles. The van der Waals surface area contributed by atoms with E-state index in [0.29, 0.717) is 26.3 Å². The van der Waals surface area contributed by atoms with Gasteiger partial charge in [0.2, 0.25) is 0 Å². The Bertz CT molecular complexity index is 914. The number of methoxy groups -OCH3 is 1. The summed E-state index contributed by atoms with van der Waals surface area (Å²) in [4.78, 5) is 4.29. The van der Waals surface area contributed by atoms with E-state index >= 15 is 0 Å². The molecule has 6 heteroatoms. The lowest BCUT2D eigenvalue weighted by atomic mass is 10.1. The van der Waals surface area contributed by atoms with E-state index in [1.165, 1.54) is 16.7 Å². The lowest BCUT2D eigenvalue weighted by molar-refractivity contribution is 0.107. The standard InChI is InChI=1S/C25H29N3O2.HI/c1-26-25(28-17-21-12-14-24(29-2)15-13-21)27-16-20-8-10-23(11-9-20)19-30-18-22-6-4-3-5-7-22;/h3-15H,16-19H2,1-2H3,(H2,26,27,28);1H. The summed E-state index contributed by atoms with van der Waals surface area (Å²) in [6, 6.07) is 26.7. The highest BCUT2D eigenvalue weighted by molar-refractivity contribution is 14.0.